The molecule has 0 atom stereocenters. The van der Waals surface area contributed by atoms with Crippen molar-refractivity contribution in [2.24, 2.45) is 0 Å². The zero-order valence-electron chi connectivity index (χ0n) is 15.7. The lowest BCUT2D eigenvalue weighted by atomic mass is 10.1. The van der Waals surface area contributed by atoms with Crippen molar-refractivity contribution in [3.8, 4) is 5.82 Å². The predicted molar refractivity (Wildman–Crippen MR) is 124 cm³/mol. The number of halogens is 4. The molecule has 0 unspecified atom stereocenters. The summed E-state index contributed by atoms with van der Waals surface area (Å²) in [5.41, 5.74) is 0.367. The van der Waals surface area contributed by atoms with Crippen molar-refractivity contribution in [3.05, 3.63) is 66.9 Å². The SMILES string of the molecule is CC(=O)CNC(=O)c1cc(Cl)cc(Br)c1NC(=O)c1cc(Br)nn1-c1ncccc1Cl. The van der Waals surface area contributed by atoms with Crippen LogP contribution in [0.1, 0.15) is 27.8 Å². The number of anilines is 1. The third kappa shape index (κ3) is 5.51. The van der Waals surface area contributed by atoms with Gasteiger partial charge in [0.05, 0.1) is 22.8 Å². The topological polar surface area (TPSA) is 106 Å². The van der Waals surface area contributed by atoms with E-state index in [1.807, 2.05) is 0 Å². The van der Waals surface area contributed by atoms with Gasteiger partial charge in [-0.2, -0.15) is 5.10 Å². The summed E-state index contributed by atoms with van der Waals surface area (Å²) in [6.45, 7) is 1.19. The van der Waals surface area contributed by atoms with E-state index in [0.717, 1.165) is 0 Å². The quantitative estimate of drug-likeness (QED) is 0.435. The maximum Gasteiger partial charge on any atom is 0.274 e. The number of hydrogen-bond donors (Lipinski definition) is 2. The molecule has 0 aliphatic rings. The van der Waals surface area contributed by atoms with Gasteiger partial charge in [-0.3, -0.25) is 14.4 Å². The third-order valence-corrected chi connectivity index (χ3v) is 5.41. The Kier molecular flexibility index (Phi) is 7.47. The molecule has 0 bridgehead atoms. The molecule has 0 fully saturated rings. The monoisotopic (exact) mass is 587 g/mol. The number of aromatic nitrogens is 3. The molecule has 2 heterocycles. The number of benzene rings is 1. The summed E-state index contributed by atoms with van der Waals surface area (Å²) in [6, 6.07) is 7.68. The molecule has 31 heavy (non-hydrogen) atoms. The molecule has 1 aromatic carbocycles. The number of pyridine rings is 1. The van der Waals surface area contributed by atoms with Crippen LogP contribution in [0.3, 0.4) is 0 Å². The van der Waals surface area contributed by atoms with E-state index >= 15 is 0 Å². The predicted octanol–water partition coefficient (Wildman–Crippen LogP) is 4.67. The summed E-state index contributed by atoms with van der Waals surface area (Å²) in [7, 11) is 0. The zero-order chi connectivity index (χ0) is 22.7. The maximum absolute atomic E-state index is 13.1. The lowest BCUT2D eigenvalue weighted by Gasteiger charge is -2.14. The number of nitrogens with one attached hydrogen (secondary N) is 2. The van der Waals surface area contributed by atoms with Gasteiger partial charge in [0.15, 0.2) is 5.82 Å². The molecule has 12 heteroatoms. The maximum atomic E-state index is 13.1. The van der Waals surface area contributed by atoms with E-state index in [0.29, 0.717) is 14.1 Å². The minimum absolute atomic E-state index is 0.0787. The number of Topliss-reactive ketones (excluding diaryl/α,β-unsaturated/α-hetero) is 1. The van der Waals surface area contributed by atoms with Crippen molar-refractivity contribution in [3.63, 3.8) is 0 Å². The molecule has 0 spiro atoms. The molecule has 2 N–H and O–H groups in total. The van der Waals surface area contributed by atoms with Gasteiger partial charge in [0.25, 0.3) is 11.8 Å². The fourth-order valence-electron chi connectivity index (χ4n) is 2.57. The fraction of sp³-hybridized carbons (Fsp3) is 0.105. The van der Waals surface area contributed by atoms with Crippen molar-refractivity contribution in [1.82, 2.24) is 20.1 Å². The van der Waals surface area contributed by atoms with Crippen LogP contribution in [0.25, 0.3) is 5.82 Å². The van der Waals surface area contributed by atoms with Gasteiger partial charge < -0.3 is 10.6 Å². The van der Waals surface area contributed by atoms with E-state index in [1.165, 1.54) is 36.0 Å². The van der Waals surface area contributed by atoms with Crippen LogP contribution in [0, 0.1) is 0 Å². The second-order valence-corrected chi connectivity index (χ2v) is 8.73. The van der Waals surface area contributed by atoms with Crippen molar-refractivity contribution < 1.29 is 14.4 Å². The van der Waals surface area contributed by atoms with Gasteiger partial charge >= 0.3 is 0 Å². The first-order valence-corrected chi connectivity index (χ1v) is 11.0. The largest absolute Gasteiger partial charge is 0.345 e. The number of amides is 2. The Bertz CT molecular complexity index is 1200. The van der Waals surface area contributed by atoms with Crippen molar-refractivity contribution >= 4 is 78.3 Å². The molecule has 0 aliphatic heterocycles. The van der Waals surface area contributed by atoms with Gasteiger partial charge in [-0.15, -0.1) is 0 Å². The van der Waals surface area contributed by atoms with E-state index in [9.17, 15) is 14.4 Å². The number of carbonyl (C=O) groups is 3. The Labute approximate surface area is 203 Å². The average Bonchev–Trinajstić information content (AvgIpc) is 3.09. The Morgan fingerprint density at radius 2 is 1.87 bits per heavy atom. The number of hydrogen-bond acceptors (Lipinski definition) is 5. The highest BCUT2D eigenvalue weighted by Gasteiger charge is 2.23. The first-order valence-electron chi connectivity index (χ1n) is 8.62. The molecule has 2 aromatic heterocycles. The fourth-order valence-corrected chi connectivity index (χ4v) is 4.05. The normalized spacial score (nSPS) is 10.6. The second-order valence-electron chi connectivity index (χ2n) is 6.22. The Hall–Kier alpha value is -2.27. The number of rotatable bonds is 6. The summed E-state index contributed by atoms with van der Waals surface area (Å²) in [4.78, 5) is 41.1. The van der Waals surface area contributed by atoms with Crippen molar-refractivity contribution in [2.75, 3.05) is 11.9 Å². The van der Waals surface area contributed by atoms with Crippen LogP contribution in [-0.4, -0.2) is 38.9 Å². The minimum atomic E-state index is -0.580. The highest BCUT2D eigenvalue weighted by Crippen LogP contribution is 2.31. The van der Waals surface area contributed by atoms with Gasteiger partial charge in [0.1, 0.15) is 16.1 Å². The van der Waals surface area contributed by atoms with Gasteiger partial charge in [-0.1, -0.05) is 23.2 Å². The highest BCUT2D eigenvalue weighted by molar-refractivity contribution is 9.10. The lowest BCUT2D eigenvalue weighted by molar-refractivity contribution is -0.116. The Balaban J connectivity index is 1.99. The van der Waals surface area contributed by atoms with Crippen LogP contribution in [0.5, 0.6) is 0 Å². The van der Waals surface area contributed by atoms with E-state index < -0.39 is 11.8 Å². The Morgan fingerprint density at radius 3 is 2.55 bits per heavy atom. The molecule has 0 radical (unpaired) electrons. The molecule has 2 amide bonds. The second kappa shape index (κ2) is 9.90. The smallest absolute Gasteiger partial charge is 0.274 e. The van der Waals surface area contributed by atoms with E-state index in [-0.39, 0.29) is 40.1 Å². The summed E-state index contributed by atoms with van der Waals surface area (Å²) >= 11 is 18.8. The summed E-state index contributed by atoms with van der Waals surface area (Å²) in [6.07, 6.45) is 1.52. The van der Waals surface area contributed by atoms with Gasteiger partial charge in [-0.05, 0) is 63.0 Å². The van der Waals surface area contributed by atoms with Gasteiger partial charge in [0, 0.05) is 21.8 Å². The first kappa shape index (κ1) is 23.4. The molecule has 160 valence electrons. The van der Waals surface area contributed by atoms with Crippen LogP contribution < -0.4 is 10.6 Å². The average molecular weight is 590 g/mol. The number of ketones is 1. The van der Waals surface area contributed by atoms with E-state index in [4.69, 9.17) is 23.2 Å². The van der Waals surface area contributed by atoms with E-state index in [1.54, 1.807) is 12.1 Å². The molecular formula is C19H13Br2Cl2N5O3. The van der Waals surface area contributed by atoms with Crippen LogP contribution in [-0.2, 0) is 4.79 Å². The molecule has 0 saturated carbocycles. The minimum Gasteiger partial charge on any atom is -0.345 e. The highest BCUT2D eigenvalue weighted by atomic mass is 79.9. The Morgan fingerprint density at radius 1 is 1.13 bits per heavy atom. The van der Waals surface area contributed by atoms with Gasteiger partial charge in [0.2, 0.25) is 0 Å². The van der Waals surface area contributed by atoms with Crippen LogP contribution in [0.2, 0.25) is 10.0 Å². The van der Waals surface area contributed by atoms with Crippen LogP contribution >= 0.6 is 55.1 Å². The van der Waals surface area contributed by atoms with Crippen molar-refractivity contribution in [2.45, 2.75) is 6.92 Å². The van der Waals surface area contributed by atoms with Gasteiger partial charge in [-0.25, -0.2) is 9.67 Å². The van der Waals surface area contributed by atoms with Crippen molar-refractivity contribution in [1.29, 1.82) is 0 Å². The number of nitrogens with zero attached hydrogens (tertiary/aromatic N) is 3. The molecular weight excluding hydrogens is 577 g/mol. The molecule has 3 aromatic rings. The molecule has 8 nitrogen and oxygen atoms in total. The van der Waals surface area contributed by atoms with Crippen LogP contribution in [0.4, 0.5) is 5.69 Å². The number of carbonyl (C=O) groups excluding carboxylic acids is 3. The zero-order valence-corrected chi connectivity index (χ0v) is 20.4. The van der Waals surface area contributed by atoms with E-state index in [2.05, 4.69) is 52.6 Å². The summed E-state index contributed by atoms with van der Waals surface area (Å²) in [5, 5.41) is 9.96. The molecule has 0 aliphatic carbocycles. The third-order valence-electron chi connectivity index (χ3n) is 3.89. The standard InChI is InChI=1S/C19H13Br2Cl2N5O3/c1-9(29)8-25-18(30)11-5-10(22)6-12(20)16(11)26-19(31)14-7-15(21)27-28(14)17-13(23)3-2-4-24-17/h2-7H,8H2,1H3,(H,25,30)(H,26,31). The molecule has 0 saturated heterocycles. The molecule has 3 rings (SSSR count). The summed E-state index contributed by atoms with van der Waals surface area (Å²) < 4.78 is 2.04. The first-order chi connectivity index (χ1) is 14.7. The lowest BCUT2D eigenvalue weighted by Crippen LogP contribution is -2.29. The van der Waals surface area contributed by atoms with Crippen LogP contribution in [0.15, 0.2) is 45.6 Å². The summed E-state index contributed by atoms with van der Waals surface area (Å²) in [5.74, 6) is -1.12.